The lowest BCUT2D eigenvalue weighted by Gasteiger charge is -2.28. The highest BCUT2D eigenvalue weighted by Crippen LogP contribution is 2.25. The Labute approximate surface area is 196 Å². The van der Waals surface area contributed by atoms with Gasteiger partial charge in [0.15, 0.2) is 12.2 Å². The fourth-order valence-electron chi connectivity index (χ4n) is 3.26. The summed E-state index contributed by atoms with van der Waals surface area (Å²) in [6.07, 6.45) is 0.490. The third-order valence-corrected chi connectivity index (χ3v) is 5.21. The summed E-state index contributed by atoms with van der Waals surface area (Å²) in [7, 11) is 0. The summed E-state index contributed by atoms with van der Waals surface area (Å²) in [5.74, 6) is -3.98. The smallest absolute Gasteiger partial charge is 0.338 e. The highest BCUT2D eigenvalue weighted by atomic mass is 16.6. The summed E-state index contributed by atoms with van der Waals surface area (Å²) in [6.45, 7) is 5.07. The highest BCUT2D eigenvalue weighted by Gasteiger charge is 2.53. The lowest BCUT2D eigenvalue weighted by atomic mass is 10.1. The van der Waals surface area contributed by atoms with E-state index in [2.05, 4.69) is 16.1 Å². The molecule has 0 bridgehead atoms. The number of likely N-dealkylation sites (tertiary alicyclic amines) is 1. The number of urea groups is 1. The van der Waals surface area contributed by atoms with Crippen molar-refractivity contribution in [2.75, 3.05) is 26.2 Å². The Morgan fingerprint density at radius 2 is 1.62 bits per heavy atom. The normalized spacial score (nSPS) is 20.9. The molecule has 2 aliphatic heterocycles. The van der Waals surface area contributed by atoms with E-state index in [0.717, 1.165) is 19.3 Å². The van der Waals surface area contributed by atoms with Crippen molar-refractivity contribution in [2.24, 2.45) is 5.73 Å². The van der Waals surface area contributed by atoms with Gasteiger partial charge in [0.1, 0.15) is 18.6 Å². The molecule has 5 N–H and O–H groups in total. The van der Waals surface area contributed by atoms with Gasteiger partial charge in [-0.15, -0.1) is 0 Å². The number of ether oxygens (including phenoxy) is 2. The predicted molar refractivity (Wildman–Crippen MR) is 115 cm³/mol. The number of hydrogen-bond donors (Lipinski definition) is 4. The molecule has 6 amide bonds. The first-order valence-corrected chi connectivity index (χ1v) is 11.1. The van der Waals surface area contributed by atoms with Gasteiger partial charge in [-0.05, 0) is 40.0 Å². The van der Waals surface area contributed by atoms with Crippen LogP contribution in [0.4, 0.5) is 4.79 Å². The fraction of sp³-hybridized carbons (Fsp3) is 0.700. The van der Waals surface area contributed by atoms with E-state index in [1.807, 2.05) is 0 Å². The molecule has 34 heavy (non-hydrogen) atoms. The van der Waals surface area contributed by atoms with Crippen LogP contribution in [0.25, 0.3) is 0 Å². The number of epoxide rings is 1. The summed E-state index contributed by atoms with van der Waals surface area (Å²) in [6, 6.07) is -2.41. The maximum Gasteiger partial charge on any atom is 0.338 e. The first-order chi connectivity index (χ1) is 16.0. The minimum atomic E-state index is -1.23. The quantitative estimate of drug-likeness (QED) is 0.160. The molecular formula is C20H32N6O8. The van der Waals surface area contributed by atoms with E-state index in [1.165, 1.54) is 13.8 Å². The van der Waals surface area contributed by atoms with Crippen molar-refractivity contribution in [3.05, 3.63) is 0 Å². The molecule has 4 atom stereocenters. The van der Waals surface area contributed by atoms with Gasteiger partial charge in [-0.1, -0.05) is 0 Å². The van der Waals surface area contributed by atoms with Crippen LogP contribution in [0.3, 0.4) is 0 Å². The maximum absolute atomic E-state index is 12.6. The van der Waals surface area contributed by atoms with Gasteiger partial charge >= 0.3 is 12.0 Å². The zero-order valence-electron chi connectivity index (χ0n) is 19.5. The van der Waals surface area contributed by atoms with Crippen LogP contribution in [0.15, 0.2) is 0 Å². The minimum Gasteiger partial charge on any atom is -0.464 e. The Morgan fingerprint density at radius 1 is 1.00 bits per heavy atom. The van der Waals surface area contributed by atoms with Crippen LogP contribution in [-0.2, 0) is 33.4 Å². The lowest BCUT2D eigenvalue weighted by molar-refractivity contribution is -0.146. The van der Waals surface area contributed by atoms with E-state index in [0.29, 0.717) is 18.1 Å². The van der Waals surface area contributed by atoms with Gasteiger partial charge in [0.25, 0.3) is 11.8 Å². The fourth-order valence-corrected chi connectivity index (χ4v) is 3.26. The molecule has 0 saturated carbocycles. The lowest BCUT2D eigenvalue weighted by Crippen LogP contribution is -2.58. The number of nitrogens with zero attached hydrogens (tertiary/aromatic N) is 2. The first-order valence-electron chi connectivity index (χ1n) is 11.1. The maximum atomic E-state index is 12.6. The van der Waals surface area contributed by atoms with Crippen molar-refractivity contribution in [1.82, 2.24) is 26.0 Å². The van der Waals surface area contributed by atoms with Crippen molar-refractivity contribution in [3.63, 3.8) is 0 Å². The molecule has 14 nitrogen and oxygen atoms in total. The number of nitrogens with two attached hydrogens (primary N) is 1. The zero-order chi connectivity index (χ0) is 25.4. The Kier molecular flexibility index (Phi) is 9.59. The number of carbonyl (C=O) groups is 6. The number of carbonyl (C=O) groups excluding carboxylic acids is 6. The molecule has 0 aromatic rings. The van der Waals surface area contributed by atoms with Gasteiger partial charge in [-0.25, -0.2) is 14.6 Å². The zero-order valence-corrected chi connectivity index (χ0v) is 19.5. The number of rotatable bonds is 9. The van der Waals surface area contributed by atoms with E-state index in [9.17, 15) is 28.8 Å². The number of hydrogen-bond acceptors (Lipinski definition) is 8. The number of esters is 1. The van der Waals surface area contributed by atoms with Crippen LogP contribution in [-0.4, -0.2) is 96.1 Å². The van der Waals surface area contributed by atoms with Crippen LogP contribution >= 0.6 is 0 Å². The summed E-state index contributed by atoms with van der Waals surface area (Å²) in [4.78, 5) is 74.4. The number of nitrogens with one attached hydrogen (secondary N) is 3. The van der Waals surface area contributed by atoms with Gasteiger partial charge in [-0.2, -0.15) is 0 Å². The largest absolute Gasteiger partial charge is 0.464 e. The number of amides is 6. The third kappa shape index (κ3) is 7.57. The molecule has 0 aromatic carbocycles. The number of hydrazine groups is 1. The van der Waals surface area contributed by atoms with Crippen LogP contribution in [0.1, 0.15) is 40.0 Å². The van der Waals surface area contributed by atoms with E-state index in [4.69, 9.17) is 15.2 Å². The molecule has 190 valence electrons. The molecule has 2 aliphatic rings. The van der Waals surface area contributed by atoms with Crippen molar-refractivity contribution in [2.45, 2.75) is 64.3 Å². The van der Waals surface area contributed by atoms with Crippen molar-refractivity contribution in [1.29, 1.82) is 0 Å². The predicted octanol–water partition coefficient (Wildman–Crippen LogP) is -2.25. The second kappa shape index (κ2) is 12.2. The summed E-state index contributed by atoms with van der Waals surface area (Å²) in [5.41, 5.74) is 7.34. The number of primary amides is 1. The molecule has 2 rings (SSSR count). The van der Waals surface area contributed by atoms with Crippen molar-refractivity contribution >= 4 is 35.6 Å². The molecule has 0 unspecified atom stereocenters. The molecule has 0 aromatic heterocycles. The standard InChI is InChI=1S/C20H32N6O8/c1-4-33-19(31)15-14(34-15)18(30)26(10-13(21)27)24-17(29)12(3)22-16(28)11(2)23-20(32)25-8-6-5-7-9-25/h11-12,14-15H,4-10H2,1-3H3,(H2,21,27)(H,22,28)(H,23,32)(H,24,29)/t11-,12-,14-,15-/m0/s1. The second-order valence-electron chi connectivity index (χ2n) is 8.05. The molecule has 2 fully saturated rings. The van der Waals surface area contributed by atoms with Crippen LogP contribution in [0.2, 0.25) is 0 Å². The Bertz CT molecular complexity index is 815. The minimum absolute atomic E-state index is 0.0927. The topological polar surface area (TPSA) is 193 Å². The molecule has 14 heteroatoms. The van der Waals surface area contributed by atoms with Crippen LogP contribution < -0.4 is 21.8 Å². The van der Waals surface area contributed by atoms with Gasteiger partial charge in [-0.3, -0.25) is 24.6 Å². The summed E-state index contributed by atoms with van der Waals surface area (Å²) in [5, 5.41) is 5.64. The highest BCUT2D eigenvalue weighted by molar-refractivity contribution is 5.96. The van der Waals surface area contributed by atoms with Gasteiger partial charge in [0, 0.05) is 13.1 Å². The summed E-state index contributed by atoms with van der Waals surface area (Å²) < 4.78 is 9.76. The molecule has 0 aliphatic carbocycles. The SMILES string of the molecule is CCOC(=O)[C@H]1O[C@@H]1C(=O)N(CC(N)=O)NC(=O)[C@H](C)NC(=O)[C@H](C)NC(=O)N1CCCCC1. The Balaban J connectivity index is 1.88. The van der Waals surface area contributed by atoms with Crippen LogP contribution in [0, 0.1) is 0 Å². The van der Waals surface area contributed by atoms with E-state index >= 15 is 0 Å². The van der Waals surface area contributed by atoms with E-state index in [-0.39, 0.29) is 12.6 Å². The monoisotopic (exact) mass is 484 g/mol. The molecular weight excluding hydrogens is 452 g/mol. The van der Waals surface area contributed by atoms with Crippen LogP contribution in [0.5, 0.6) is 0 Å². The van der Waals surface area contributed by atoms with Gasteiger partial charge in [0.05, 0.1) is 6.61 Å². The van der Waals surface area contributed by atoms with E-state index < -0.39 is 60.4 Å². The van der Waals surface area contributed by atoms with Crippen molar-refractivity contribution in [3.8, 4) is 0 Å². The molecule has 2 heterocycles. The molecule has 0 radical (unpaired) electrons. The first kappa shape index (κ1) is 26.8. The van der Waals surface area contributed by atoms with Crippen molar-refractivity contribution < 1.29 is 38.2 Å². The third-order valence-electron chi connectivity index (χ3n) is 5.21. The average Bonchev–Trinajstić information content (AvgIpc) is 3.59. The van der Waals surface area contributed by atoms with Gasteiger partial charge in [0.2, 0.25) is 11.8 Å². The average molecular weight is 485 g/mol. The second-order valence-corrected chi connectivity index (χ2v) is 8.05. The Morgan fingerprint density at radius 3 is 2.21 bits per heavy atom. The summed E-state index contributed by atoms with van der Waals surface area (Å²) >= 11 is 0. The number of piperidine rings is 1. The van der Waals surface area contributed by atoms with E-state index in [1.54, 1.807) is 11.8 Å². The van der Waals surface area contributed by atoms with Gasteiger partial charge < -0.3 is 30.7 Å². The Hall–Kier alpha value is -3.42. The molecule has 2 saturated heterocycles. The molecule has 0 spiro atoms.